The summed E-state index contributed by atoms with van der Waals surface area (Å²) < 4.78 is 2.17. The van der Waals surface area contributed by atoms with Gasteiger partial charge in [-0.25, -0.2) is 0 Å². The second-order valence-electron chi connectivity index (χ2n) is 7.31. The number of thioether (sulfide) groups is 1. The molecule has 0 spiro atoms. The summed E-state index contributed by atoms with van der Waals surface area (Å²) in [6.07, 6.45) is 2.56. The van der Waals surface area contributed by atoms with Gasteiger partial charge in [0.25, 0.3) is 0 Å². The lowest BCUT2D eigenvalue weighted by atomic mass is 10.2. The fourth-order valence-corrected chi connectivity index (χ4v) is 4.36. The Labute approximate surface area is 175 Å². The first-order chi connectivity index (χ1) is 14.3. The lowest BCUT2D eigenvalue weighted by Crippen LogP contribution is -3.08. The molecule has 0 saturated carbocycles. The minimum Gasteiger partial charge on any atom is -0.329 e. The third-order valence-electron chi connectivity index (χ3n) is 5.09. The van der Waals surface area contributed by atoms with Crippen molar-refractivity contribution in [2.45, 2.75) is 31.1 Å². The summed E-state index contributed by atoms with van der Waals surface area (Å²) >= 11 is 1.44. The number of nitrogens with one attached hydrogen (secondary N) is 2. The first-order valence-corrected chi connectivity index (χ1v) is 11.0. The highest BCUT2D eigenvalue weighted by atomic mass is 32.2. The maximum atomic E-state index is 12.3. The number of likely N-dealkylation sites (tertiary alicyclic amines) is 1. The summed E-state index contributed by atoms with van der Waals surface area (Å²) in [4.78, 5) is 13.9. The van der Waals surface area contributed by atoms with Gasteiger partial charge < -0.3 is 10.2 Å². The van der Waals surface area contributed by atoms with Crippen molar-refractivity contribution in [1.29, 1.82) is 0 Å². The average Bonchev–Trinajstić information content (AvgIpc) is 3.39. The number of amides is 1. The number of anilines is 1. The molecule has 1 aliphatic heterocycles. The van der Waals surface area contributed by atoms with Gasteiger partial charge in [-0.3, -0.25) is 9.36 Å². The molecule has 1 amide bonds. The lowest BCUT2D eigenvalue weighted by Gasteiger charge is -2.14. The maximum Gasteiger partial charge on any atom is 0.234 e. The van der Waals surface area contributed by atoms with Crippen molar-refractivity contribution < 1.29 is 9.69 Å². The van der Waals surface area contributed by atoms with Crippen molar-refractivity contribution in [2.24, 2.45) is 0 Å². The number of hydrogen-bond acceptors (Lipinski definition) is 4. The highest BCUT2D eigenvalue weighted by molar-refractivity contribution is 7.99. The van der Waals surface area contributed by atoms with E-state index in [1.54, 1.807) is 4.90 Å². The van der Waals surface area contributed by atoms with Gasteiger partial charge in [0, 0.05) is 18.5 Å². The van der Waals surface area contributed by atoms with Crippen LogP contribution in [0.3, 0.4) is 0 Å². The van der Waals surface area contributed by atoms with Gasteiger partial charge in [0.05, 0.1) is 25.4 Å². The zero-order valence-corrected chi connectivity index (χ0v) is 17.2. The molecule has 7 heteroatoms. The normalized spacial score (nSPS) is 14.2. The molecule has 29 heavy (non-hydrogen) atoms. The highest BCUT2D eigenvalue weighted by Crippen LogP contribution is 2.19. The van der Waals surface area contributed by atoms with Crippen LogP contribution in [0.4, 0.5) is 5.69 Å². The molecule has 1 fully saturated rings. The van der Waals surface area contributed by atoms with E-state index in [1.807, 2.05) is 48.5 Å². The number of para-hydroxylation sites is 1. The van der Waals surface area contributed by atoms with Crippen LogP contribution in [-0.2, 0) is 17.9 Å². The molecule has 1 aliphatic rings. The van der Waals surface area contributed by atoms with Gasteiger partial charge >= 0.3 is 0 Å². The second kappa shape index (κ2) is 9.71. The van der Waals surface area contributed by atoms with Gasteiger partial charge in [0.15, 0.2) is 11.0 Å². The Morgan fingerprint density at radius 2 is 1.69 bits per heavy atom. The van der Waals surface area contributed by atoms with E-state index in [2.05, 4.69) is 32.2 Å². The van der Waals surface area contributed by atoms with E-state index >= 15 is 0 Å². The number of quaternary nitrogens is 1. The van der Waals surface area contributed by atoms with Crippen LogP contribution >= 0.6 is 11.8 Å². The molecule has 0 unspecified atom stereocenters. The van der Waals surface area contributed by atoms with Crippen molar-refractivity contribution in [3.8, 4) is 0 Å². The fraction of sp³-hybridized carbons (Fsp3) is 0.318. The minimum absolute atomic E-state index is 0.0396. The zero-order valence-electron chi connectivity index (χ0n) is 16.4. The topological polar surface area (TPSA) is 64.2 Å². The Morgan fingerprint density at radius 3 is 2.41 bits per heavy atom. The molecule has 6 nitrogen and oxygen atoms in total. The third kappa shape index (κ3) is 5.46. The van der Waals surface area contributed by atoms with Crippen LogP contribution in [0.1, 0.15) is 24.2 Å². The predicted molar refractivity (Wildman–Crippen MR) is 115 cm³/mol. The Balaban J connectivity index is 1.46. The van der Waals surface area contributed by atoms with Crippen molar-refractivity contribution >= 4 is 23.4 Å². The molecular formula is C22H26N5OS+. The molecular weight excluding hydrogens is 382 g/mol. The molecule has 150 valence electrons. The van der Waals surface area contributed by atoms with Crippen molar-refractivity contribution in [2.75, 3.05) is 24.2 Å². The van der Waals surface area contributed by atoms with Gasteiger partial charge in [-0.15, -0.1) is 10.2 Å². The fourth-order valence-electron chi connectivity index (χ4n) is 3.61. The maximum absolute atomic E-state index is 12.3. The predicted octanol–water partition coefficient (Wildman–Crippen LogP) is 2.24. The summed E-state index contributed by atoms with van der Waals surface area (Å²) in [6, 6.07) is 19.9. The van der Waals surface area contributed by atoms with E-state index in [0.717, 1.165) is 29.8 Å². The SMILES string of the molecule is O=C(CSc1nnc(C[NH+]2CCCC2)n1Cc1ccccc1)Nc1ccccc1. The molecule has 2 heterocycles. The van der Waals surface area contributed by atoms with Crippen LogP contribution in [0.5, 0.6) is 0 Å². The Bertz CT molecular complexity index is 923. The van der Waals surface area contributed by atoms with Gasteiger partial charge in [0.2, 0.25) is 5.91 Å². The van der Waals surface area contributed by atoms with E-state index in [0.29, 0.717) is 5.75 Å². The van der Waals surface area contributed by atoms with E-state index in [4.69, 9.17) is 0 Å². The summed E-state index contributed by atoms with van der Waals surface area (Å²) in [5.41, 5.74) is 2.02. The van der Waals surface area contributed by atoms with E-state index in [-0.39, 0.29) is 5.91 Å². The van der Waals surface area contributed by atoms with Gasteiger partial charge in [-0.1, -0.05) is 60.3 Å². The van der Waals surface area contributed by atoms with Crippen LogP contribution in [0.15, 0.2) is 65.8 Å². The highest BCUT2D eigenvalue weighted by Gasteiger charge is 2.21. The van der Waals surface area contributed by atoms with Gasteiger partial charge in [0.1, 0.15) is 6.54 Å². The molecule has 2 N–H and O–H groups in total. The summed E-state index contributed by atoms with van der Waals surface area (Å²) in [5.74, 6) is 1.26. The molecule has 0 bridgehead atoms. The average molecular weight is 409 g/mol. The van der Waals surface area contributed by atoms with Crippen LogP contribution in [0, 0.1) is 0 Å². The third-order valence-corrected chi connectivity index (χ3v) is 6.05. The van der Waals surface area contributed by atoms with Crippen LogP contribution in [0.2, 0.25) is 0 Å². The molecule has 0 aliphatic carbocycles. The summed E-state index contributed by atoms with van der Waals surface area (Å²) in [6.45, 7) is 4.00. The smallest absolute Gasteiger partial charge is 0.234 e. The van der Waals surface area contributed by atoms with Crippen LogP contribution in [-0.4, -0.2) is 39.5 Å². The number of benzene rings is 2. The van der Waals surface area contributed by atoms with Crippen LogP contribution in [0.25, 0.3) is 0 Å². The molecule has 4 rings (SSSR count). The Hall–Kier alpha value is -2.64. The number of rotatable bonds is 8. The van der Waals surface area contributed by atoms with E-state index in [9.17, 15) is 4.79 Å². The summed E-state index contributed by atoms with van der Waals surface area (Å²) in [7, 11) is 0. The molecule has 0 radical (unpaired) electrons. The van der Waals surface area contributed by atoms with E-state index < -0.39 is 0 Å². The number of carbonyl (C=O) groups is 1. The quantitative estimate of drug-likeness (QED) is 0.561. The summed E-state index contributed by atoms with van der Waals surface area (Å²) in [5, 5.41) is 12.6. The van der Waals surface area contributed by atoms with Gasteiger partial charge in [-0.2, -0.15) is 0 Å². The van der Waals surface area contributed by atoms with Crippen molar-refractivity contribution in [1.82, 2.24) is 14.8 Å². The number of carbonyl (C=O) groups excluding carboxylic acids is 1. The van der Waals surface area contributed by atoms with Crippen LogP contribution < -0.4 is 10.2 Å². The van der Waals surface area contributed by atoms with Crippen molar-refractivity contribution in [3.63, 3.8) is 0 Å². The van der Waals surface area contributed by atoms with Gasteiger partial charge in [-0.05, 0) is 17.7 Å². The number of hydrogen-bond donors (Lipinski definition) is 2. The van der Waals surface area contributed by atoms with Crippen molar-refractivity contribution in [3.05, 3.63) is 72.1 Å². The standard InChI is InChI=1S/C22H25N5OS/c28-21(23-19-11-5-2-6-12-19)17-29-22-25-24-20(16-26-13-7-8-14-26)27(22)15-18-9-3-1-4-10-18/h1-6,9-12H,7-8,13-17H2,(H,23,28)/p+1. The largest absolute Gasteiger partial charge is 0.329 e. The molecule has 3 aromatic rings. The number of nitrogens with zero attached hydrogens (tertiary/aromatic N) is 3. The Morgan fingerprint density at radius 1 is 1.00 bits per heavy atom. The molecule has 0 atom stereocenters. The zero-order chi connectivity index (χ0) is 19.9. The lowest BCUT2D eigenvalue weighted by molar-refractivity contribution is -0.902. The molecule has 1 saturated heterocycles. The first-order valence-electron chi connectivity index (χ1n) is 10.1. The first kappa shape index (κ1) is 19.7. The Kier molecular flexibility index (Phi) is 6.59. The minimum atomic E-state index is -0.0396. The molecule has 2 aromatic carbocycles. The van der Waals surface area contributed by atoms with E-state index in [1.165, 1.54) is 43.3 Å². The number of aromatic nitrogens is 3. The molecule has 1 aromatic heterocycles. The second-order valence-corrected chi connectivity index (χ2v) is 8.25. The monoisotopic (exact) mass is 408 g/mol.